The smallest absolute Gasteiger partial charge is 0.340 e. The molecular formula is C14H21FN2O2. The van der Waals surface area contributed by atoms with Crippen molar-refractivity contribution < 1.29 is 13.9 Å². The molecule has 0 bridgehead atoms. The molecule has 0 aliphatic carbocycles. The van der Waals surface area contributed by atoms with Crippen molar-refractivity contribution in [3.8, 4) is 0 Å². The predicted molar refractivity (Wildman–Crippen MR) is 74.8 cm³/mol. The summed E-state index contributed by atoms with van der Waals surface area (Å²) in [4.78, 5) is 11.5. The van der Waals surface area contributed by atoms with Crippen molar-refractivity contribution in [1.29, 1.82) is 0 Å². The number of rotatable bonds is 7. The molecule has 0 radical (unpaired) electrons. The standard InChI is InChI=1S/C14H21FN2O2/c1-3-4-5-6-7-17-13-8-10(14(18)19-2)12(16)9-11(13)15/h8-9,17H,3-7,16H2,1-2H3. The van der Waals surface area contributed by atoms with Gasteiger partial charge < -0.3 is 15.8 Å². The lowest BCUT2D eigenvalue weighted by molar-refractivity contribution is 0.0602. The minimum Gasteiger partial charge on any atom is -0.465 e. The molecule has 3 N–H and O–H groups in total. The Morgan fingerprint density at radius 1 is 1.37 bits per heavy atom. The van der Waals surface area contributed by atoms with E-state index in [0.717, 1.165) is 25.3 Å². The van der Waals surface area contributed by atoms with Gasteiger partial charge in [-0.3, -0.25) is 0 Å². The van der Waals surface area contributed by atoms with Gasteiger partial charge >= 0.3 is 5.97 Å². The molecular weight excluding hydrogens is 247 g/mol. The van der Waals surface area contributed by atoms with E-state index in [2.05, 4.69) is 17.0 Å². The van der Waals surface area contributed by atoms with E-state index in [9.17, 15) is 9.18 Å². The van der Waals surface area contributed by atoms with Crippen LogP contribution in [0.1, 0.15) is 43.0 Å². The fourth-order valence-corrected chi connectivity index (χ4v) is 1.79. The van der Waals surface area contributed by atoms with Crippen molar-refractivity contribution in [2.75, 3.05) is 24.7 Å². The maximum Gasteiger partial charge on any atom is 0.340 e. The summed E-state index contributed by atoms with van der Waals surface area (Å²) in [7, 11) is 1.27. The van der Waals surface area contributed by atoms with Gasteiger partial charge in [0, 0.05) is 12.2 Å². The Morgan fingerprint density at radius 3 is 2.74 bits per heavy atom. The van der Waals surface area contributed by atoms with Crippen molar-refractivity contribution >= 4 is 17.3 Å². The number of unbranched alkanes of at least 4 members (excludes halogenated alkanes) is 3. The number of carbonyl (C=O) groups is 1. The largest absolute Gasteiger partial charge is 0.465 e. The number of esters is 1. The molecule has 1 aromatic carbocycles. The summed E-state index contributed by atoms with van der Waals surface area (Å²) in [5.41, 5.74) is 6.14. The Bertz CT molecular complexity index is 436. The van der Waals surface area contributed by atoms with Gasteiger partial charge in [0.1, 0.15) is 5.82 Å². The van der Waals surface area contributed by atoms with Crippen LogP contribution in [0.3, 0.4) is 0 Å². The number of halogens is 1. The molecule has 5 heteroatoms. The number of ether oxygens (including phenoxy) is 1. The SMILES string of the molecule is CCCCCCNc1cc(C(=O)OC)c(N)cc1F. The van der Waals surface area contributed by atoms with E-state index in [1.54, 1.807) is 0 Å². The van der Waals surface area contributed by atoms with Crippen LogP contribution in [0, 0.1) is 5.82 Å². The van der Waals surface area contributed by atoms with Gasteiger partial charge in [0.25, 0.3) is 0 Å². The molecule has 1 rings (SSSR count). The van der Waals surface area contributed by atoms with Gasteiger partial charge in [-0.1, -0.05) is 26.2 Å². The summed E-state index contributed by atoms with van der Waals surface area (Å²) in [5, 5.41) is 2.98. The Hall–Kier alpha value is -1.78. The number of anilines is 2. The van der Waals surface area contributed by atoms with Crippen LogP contribution in [0.15, 0.2) is 12.1 Å². The molecule has 0 aromatic heterocycles. The monoisotopic (exact) mass is 268 g/mol. The van der Waals surface area contributed by atoms with Crippen LogP contribution in [-0.2, 0) is 4.74 Å². The van der Waals surface area contributed by atoms with Gasteiger partial charge in [-0.2, -0.15) is 0 Å². The first-order valence-electron chi connectivity index (χ1n) is 6.51. The average Bonchev–Trinajstić information content (AvgIpc) is 2.39. The molecule has 1 aromatic rings. The van der Waals surface area contributed by atoms with Crippen molar-refractivity contribution in [3.05, 3.63) is 23.5 Å². The summed E-state index contributed by atoms with van der Waals surface area (Å²) in [6.07, 6.45) is 4.39. The van der Waals surface area contributed by atoms with Crippen molar-refractivity contribution in [2.24, 2.45) is 0 Å². The molecule has 106 valence electrons. The highest BCUT2D eigenvalue weighted by Crippen LogP contribution is 2.23. The van der Waals surface area contributed by atoms with Gasteiger partial charge in [0.2, 0.25) is 0 Å². The molecule has 0 atom stereocenters. The Morgan fingerprint density at radius 2 is 2.11 bits per heavy atom. The third kappa shape index (κ3) is 4.43. The van der Waals surface area contributed by atoms with E-state index in [1.165, 1.54) is 19.6 Å². The number of methoxy groups -OCH3 is 1. The van der Waals surface area contributed by atoms with Gasteiger partial charge in [-0.25, -0.2) is 9.18 Å². The lowest BCUT2D eigenvalue weighted by atomic mass is 10.1. The van der Waals surface area contributed by atoms with Crippen molar-refractivity contribution in [2.45, 2.75) is 32.6 Å². The van der Waals surface area contributed by atoms with Crippen molar-refractivity contribution in [1.82, 2.24) is 0 Å². The molecule has 19 heavy (non-hydrogen) atoms. The summed E-state index contributed by atoms with van der Waals surface area (Å²) < 4.78 is 18.3. The first-order valence-corrected chi connectivity index (χ1v) is 6.51. The van der Waals surface area contributed by atoms with Crippen LogP contribution < -0.4 is 11.1 Å². The Kier molecular flexibility index (Phi) is 6.12. The second-order valence-corrected chi connectivity index (χ2v) is 4.40. The molecule has 0 unspecified atom stereocenters. The normalized spacial score (nSPS) is 10.3. The number of hydrogen-bond acceptors (Lipinski definition) is 4. The maximum atomic E-state index is 13.7. The molecule has 0 amide bonds. The molecule has 0 saturated carbocycles. The zero-order valence-electron chi connectivity index (χ0n) is 11.5. The summed E-state index contributed by atoms with van der Waals surface area (Å²) in [6.45, 7) is 2.80. The number of benzene rings is 1. The van der Waals surface area contributed by atoms with E-state index < -0.39 is 11.8 Å². The summed E-state index contributed by atoms with van der Waals surface area (Å²) in [6, 6.07) is 2.54. The summed E-state index contributed by atoms with van der Waals surface area (Å²) >= 11 is 0. The van der Waals surface area contributed by atoms with Crippen LogP contribution >= 0.6 is 0 Å². The predicted octanol–water partition coefficient (Wildman–Crippen LogP) is 3.19. The lowest BCUT2D eigenvalue weighted by Gasteiger charge is -2.11. The minimum atomic E-state index is -0.563. The quantitative estimate of drug-likeness (QED) is 0.453. The van der Waals surface area contributed by atoms with E-state index in [1.807, 2.05) is 0 Å². The zero-order chi connectivity index (χ0) is 14.3. The van der Waals surface area contributed by atoms with Gasteiger partial charge in [-0.05, 0) is 18.6 Å². The molecule has 0 saturated heterocycles. The highest BCUT2D eigenvalue weighted by Gasteiger charge is 2.14. The molecule has 0 aliphatic rings. The van der Waals surface area contributed by atoms with Crippen LogP contribution in [0.5, 0.6) is 0 Å². The minimum absolute atomic E-state index is 0.0842. The first-order chi connectivity index (χ1) is 9.10. The van der Waals surface area contributed by atoms with Crippen LogP contribution in [-0.4, -0.2) is 19.6 Å². The Labute approximate surface area is 113 Å². The molecule has 0 heterocycles. The third-order valence-corrected chi connectivity index (χ3v) is 2.89. The molecule has 0 spiro atoms. The highest BCUT2D eigenvalue weighted by atomic mass is 19.1. The van der Waals surface area contributed by atoms with Gasteiger partial charge in [0.15, 0.2) is 0 Å². The number of nitrogens with two attached hydrogens (primary N) is 1. The van der Waals surface area contributed by atoms with Crippen LogP contribution in [0.4, 0.5) is 15.8 Å². The number of carbonyl (C=O) groups excluding carboxylic acids is 1. The highest BCUT2D eigenvalue weighted by molar-refractivity contribution is 5.96. The lowest BCUT2D eigenvalue weighted by Crippen LogP contribution is -2.09. The Balaban J connectivity index is 2.69. The second-order valence-electron chi connectivity index (χ2n) is 4.40. The van der Waals surface area contributed by atoms with E-state index in [0.29, 0.717) is 6.54 Å². The molecule has 0 fully saturated rings. The molecule has 0 aliphatic heterocycles. The topological polar surface area (TPSA) is 64.3 Å². The number of hydrogen-bond donors (Lipinski definition) is 2. The maximum absolute atomic E-state index is 13.7. The van der Waals surface area contributed by atoms with Gasteiger partial charge in [-0.15, -0.1) is 0 Å². The van der Waals surface area contributed by atoms with E-state index >= 15 is 0 Å². The molecule has 4 nitrogen and oxygen atoms in total. The van der Waals surface area contributed by atoms with Crippen molar-refractivity contribution in [3.63, 3.8) is 0 Å². The van der Waals surface area contributed by atoms with Crippen LogP contribution in [0.2, 0.25) is 0 Å². The van der Waals surface area contributed by atoms with Gasteiger partial charge in [0.05, 0.1) is 18.4 Å². The van der Waals surface area contributed by atoms with Crippen LogP contribution in [0.25, 0.3) is 0 Å². The number of nitrogen functional groups attached to an aromatic ring is 1. The van der Waals surface area contributed by atoms with E-state index in [-0.39, 0.29) is 16.9 Å². The fourth-order valence-electron chi connectivity index (χ4n) is 1.79. The average molecular weight is 268 g/mol. The van der Waals surface area contributed by atoms with E-state index in [4.69, 9.17) is 5.73 Å². The number of nitrogens with one attached hydrogen (secondary N) is 1. The second kappa shape index (κ2) is 7.61. The zero-order valence-corrected chi connectivity index (χ0v) is 11.5. The third-order valence-electron chi connectivity index (χ3n) is 2.89. The first kappa shape index (κ1) is 15.3. The fraction of sp³-hybridized carbons (Fsp3) is 0.500. The summed E-state index contributed by atoms with van der Waals surface area (Å²) in [5.74, 6) is -1.02.